The van der Waals surface area contributed by atoms with Gasteiger partial charge in [-0.05, 0) is 12.1 Å². The molecular formula is C7H7FNO. The van der Waals surface area contributed by atoms with Crippen molar-refractivity contribution in [2.24, 2.45) is 0 Å². The predicted octanol–water partition coefficient (Wildman–Crippen LogP) is 1.57. The topological polar surface area (TPSA) is 22.1 Å². The molecule has 2 nitrogen and oxygen atoms in total. The summed E-state index contributed by atoms with van der Waals surface area (Å²) in [6, 6.07) is 3.24. The molecule has 1 rings (SSSR count). The Morgan fingerprint density at radius 2 is 2.50 bits per heavy atom. The van der Waals surface area contributed by atoms with Crippen LogP contribution >= 0.6 is 0 Å². The first-order valence-corrected chi connectivity index (χ1v) is 2.81. The summed E-state index contributed by atoms with van der Waals surface area (Å²) < 4.78 is 16.7. The second-order valence-electron chi connectivity index (χ2n) is 1.71. The van der Waals surface area contributed by atoms with Gasteiger partial charge in [0.15, 0.2) is 6.67 Å². The second-order valence-corrected chi connectivity index (χ2v) is 1.71. The Morgan fingerprint density at radius 1 is 1.70 bits per heavy atom. The van der Waals surface area contributed by atoms with Crippen molar-refractivity contribution >= 4 is 0 Å². The summed E-state index contributed by atoms with van der Waals surface area (Å²) in [6.07, 6.45) is 1.55. The number of nitrogens with zero attached hydrogens (tertiary/aromatic N) is 1. The highest BCUT2D eigenvalue weighted by molar-refractivity contribution is 5.29. The third-order valence-electron chi connectivity index (χ3n) is 1.11. The average Bonchev–Trinajstić information content (AvgIpc) is 2.04. The summed E-state index contributed by atoms with van der Waals surface area (Å²) in [5, 5.41) is 0. The van der Waals surface area contributed by atoms with Crippen molar-refractivity contribution in [3.8, 4) is 5.88 Å². The Bertz CT molecular complexity index is 192. The average molecular weight is 140 g/mol. The number of rotatable bonds is 2. The molecule has 1 heterocycles. The Kier molecular flexibility index (Phi) is 2.20. The van der Waals surface area contributed by atoms with E-state index in [1.54, 1.807) is 18.3 Å². The van der Waals surface area contributed by atoms with Gasteiger partial charge in [-0.2, -0.15) is 0 Å². The van der Waals surface area contributed by atoms with E-state index in [-0.39, 0.29) is 0 Å². The van der Waals surface area contributed by atoms with Crippen LogP contribution in [-0.2, 0) is 0 Å². The molecular weight excluding hydrogens is 133 g/mol. The van der Waals surface area contributed by atoms with E-state index in [1.165, 1.54) is 7.11 Å². The zero-order valence-electron chi connectivity index (χ0n) is 5.54. The number of hydrogen-bond acceptors (Lipinski definition) is 2. The van der Waals surface area contributed by atoms with Gasteiger partial charge in [0.05, 0.1) is 12.7 Å². The predicted molar refractivity (Wildman–Crippen MR) is 35.3 cm³/mol. The van der Waals surface area contributed by atoms with Crippen LogP contribution in [0.3, 0.4) is 0 Å². The monoisotopic (exact) mass is 140 g/mol. The van der Waals surface area contributed by atoms with Crippen LogP contribution in [0.4, 0.5) is 4.39 Å². The Morgan fingerprint density at radius 3 is 3.00 bits per heavy atom. The van der Waals surface area contributed by atoms with Crippen LogP contribution in [0.25, 0.3) is 0 Å². The first kappa shape index (κ1) is 6.99. The molecule has 0 spiro atoms. The van der Waals surface area contributed by atoms with Crippen molar-refractivity contribution in [2.45, 2.75) is 0 Å². The van der Waals surface area contributed by atoms with Gasteiger partial charge in [0, 0.05) is 6.20 Å². The molecule has 0 N–H and O–H groups in total. The Hall–Kier alpha value is -1.12. The van der Waals surface area contributed by atoms with Gasteiger partial charge < -0.3 is 4.74 Å². The molecule has 0 saturated heterocycles. The first-order valence-electron chi connectivity index (χ1n) is 2.81. The standard InChI is InChI=1S/C7H7FNO/c1-10-7-6(5-8)3-2-4-9-7/h2-5H,1H3. The summed E-state index contributed by atoms with van der Waals surface area (Å²) in [4.78, 5) is 3.77. The van der Waals surface area contributed by atoms with Crippen molar-refractivity contribution in [1.82, 2.24) is 4.98 Å². The quantitative estimate of drug-likeness (QED) is 0.622. The number of methoxy groups -OCH3 is 1. The largest absolute Gasteiger partial charge is 0.481 e. The van der Waals surface area contributed by atoms with Crippen molar-refractivity contribution in [2.75, 3.05) is 7.11 Å². The third kappa shape index (κ3) is 1.23. The van der Waals surface area contributed by atoms with Gasteiger partial charge in [0.2, 0.25) is 5.88 Å². The molecule has 0 aliphatic rings. The zero-order chi connectivity index (χ0) is 7.40. The smallest absolute Gasteiger partial charge is 0.219 e. The van der Waals surface area contributed by atoms with E-state index in [9.17, 15) is 4.39 Å². The molecule has 0 fully saturated rings. The Balaban J connectivity index is 2.96. The molecule has 0 aliphatic heterocycles. The van der Waals surface area contributed by atoms with E-state index < -0.39 is 0 Å². The van der Waals surface area contributed by atoms with Gasteiger partial charge in [-0.1, -0.05) is 0 Å². The first-order chi connectivity index (χ1) is 4.88. The summed E-state index contributed by atoms with van der Waals surface area (Å²) in [5.74, 6) is 0.310. The number of hydrogen-bond donors (Lipinski definition) is 0. The van der Waals surface area contributed by atoms with Crippen LogP contribution in [0, 0.1) is 6.67 Å². The van der Waals surface area contributed by atoms with E-state index in [4.69, 9.17) is 4.74 Å². The third-order valence-corrected chi connectivity index (χ3v) is 1.11. The van der Waals surface area contributed by atoms with Crippen LogP contribution in [-0.4, -0.2) is 12.1 Å². The summed E-state index contributed by atoms with van der Waals surface area (Å²) >= 11 is 0. The lowest BCUT2D eigenvalue weighted by Gasteiger charge is -2.00. The minimum atomic E-state index is 0.310. The minimum absolute atomic E-state index is 0.310. The molecule has 1 aromatic rings. The van der Waals surface area contributed by atoms with Crippen LogP contribution in [0.15, 0.2) is 18.3 Å². The maximum atomic E-state index is 11.9. The van der Waals surface area contributed by atoms with E-state index in [0.717, 1.165) is 0 Å². The number of pyridine rings is 1. The van der Waals surface area contributed by atoms with Crippen molar-refractivity contribution < 1.29 is 9.13 Å². The molecule has 0 aliphatic carbocycles. The van der Waals surface area contributed by atoms with E-state index in [1.807, 2.05) is 0 Å². The van der Waals surface area contributed by atoms with Gasteiger partial charge >= 0.3 is 0 Å². The van der Waals surface area contributed by atoms with Crippen LogP contribution in [0.2, 0.25) is 0 Å². The summed E-state index contributed by atoms with van der Waals surface area (Å²) in [5.41, 5.74) is 0.366. The molecule has 0 atom stereocenters. The number of aromatic nitrogens is 1. The molecule has 53 valence electrons. The van der Waals surface area contributed by atoms with Crippen molar-refractivity contribution in [3.05, 3.63) is 30.6 Å². The lowest BCUT2D eigenvalue weighted by atomic mass is 10.3. The number of ether oxygens (including phenoxy) is 1. The number of halogens is 1. The molecule has 0 bridgehead atoms. The lowest BCUT2D eigenvalue weighted by molar-refractivity contribution is 0.392. The Labute approximate surface area is 58.7 Å². The normalized spacial score (nSPS) is 9.40. The highest BCUT2D eigenvalue weighted by Gasteiger charge is 2.00. The highest BCUT2D eigenvalue weighted by atomic mass is 19.1. The van der Waals surface area contributed by atoms with Crippen LogP contribution < -0.4 is 4.74 Å². The molecule has 10 heavy (non-hydrogen) atoms. The molecule has 1 aromatic heterocycles. The van der Waals surface area contributed by atoms with Gasteiger partial charge in [-0.3, -0.25) is 0 Å². The molecule has 0 saturated carbocycles. The minimum Gasteiger partial charge on any atom is -0.481 e. The highest BCUT2D eigenvalue weighted by Crippen LogP contribution is 2.15. The fraction of sp³-hybridized carbons (Fsp3) is 0.143. The maximum absolute atomic E-state index is 11.9. The van der Waals surface area contributed by atoms with Crippen LogP contribution in [0.5, 0.6) is 5.88 Å². The van der Waals surface area contributed by atoms with Gasteiger partial charge in [0.1, 0.15) is 0 Å². The second kappa shape index (κ2) is 3.15. The lowest BCUT2D eigenvalue weighted by Crippen LogP contribution is -1.90. The fourth-order valence-corrected chi connectivity index (χ4v) is 0.657. The van der Waals surface area contributed by atoms with Crippen molar-refractivity contribution in [1.29, 1.82) is 0 Å². The summed E-state index contributed by atoms with van der Waals surface area (Å²) in [7, 11) is 1.45. The fourth-order valence-electron chi connectivity index (χ4n) is 0.657. The molecule has 3 heteroatoms. The molecule has 1 radical (unpaired) electrons. The molecule has 0 aromatic carbocycles. The maximum Gasteiger partial charge on any atom is 0.219 e. The van der Waals surface area contributed by atoms with Gasteiger partial charge in [-0.25, -0.2) is 9.37 Å². The van der Waals surface area contributed by atoms with Crippen molar-refractivity contribution in [3.63, 3.8) is 0 Å². The van der Waals surface area contributed by atoms with E-state index in [2.05, 4.69) is 4.98 Å². The van der Waals surface area contributed by atoms with E-state index in [0.29, 0.717) is 18.1 Å². The summed E-state index contributed by atoms with van der Waals surface area (Å²) in [6.45, 7) is 0.464. The van der Waals surface area contributed by atoms with Crippen LogP contribution in [0.1, 0.15) is 5.56 Å². The molecule has 0 amide bonds. The zero-order valence-corrected chi connectivity index (χ0v) is 5.54. The van der Waals surface area contributed by atoms with Gasteiger partial charge in [0.25, 0.3) is 0 Å². The van der Waals surface area contributed by atoms with E-state index >= 15 is 0 Å². The SMILES string of the molecule is COc1ncccc1[CH]F. The molecule has 0 unspecified atom stereocenters. The van der Waals surface area contributed by atoms with Gasteiger partial charge in [-0.15, -0.1) is 0 Å².